The largest absolute Gasteiger partial charge is 0.324 e. The monoisotopic (exact) mass is 302 g/mol. The van der Waals surface area contributed by atoms with Gasteiger partial charge >= 0.3 is 0 Å². The second-order valence-corrected chi connectivity index (χ2v) is 5.41. The number of alkyl halides is 2. The van der Waals surface area contributed by atoms with Gasteiger partial charge in [-0.2, -0.15) is 0 Å². The lowest BCUT2D eigenvalue weighted by molar-refractivity contribution is -0.121. The Labute approximate surface area is 105 Å². The molecule has 3 nitrogen and oxygen atoms in total. The van der Waals surface area contributed by atoms with Crippen LogP contribution in [0.25, 0.3) is 0 Å². The van der Waals surface area contributed by atoms with E-state index in [1.807, 2.05) is 0 Å². The predicted molar refractivity (Wildman–Crippen MR) is 61.0 cm³/mol. The Bertz CT molecular complexity index is 520. The number of carbonyl (C=O) groups excluding carboxylic acids is 1. The van der Waals surface area contributed by atoms with E-state index in [0.29, 0.717) is 16.0 Å². The van der Waals surface area contributed by atoms with Crippen molar-refractivity contribution in [3.8, 4) is 0 Å². The van der Waals surface area contributed by atoms with Crippen LogP contribution in [0.2, 0.25) is 0 Å². The number of pyridine rings is 1. The van der Waals surface area contributed by atoms with Gasteiger partial charge in [-0.1, -0.05) is 0 Å². The summed E-state index contributed by atoms with van der Waals surface area (Å²) in [6.45, 7) is 0. The zero-order valence-corrected chi connectivity index (χ0v) is 10.4. The number of hydrogen-bond donors (Lipinski definition) is 1. The summed E-state index contributed by atoms with van der Waals surface area (Å²) in [5, 5.41) is 2.64. The van der Waals surface area contributed by atoms with Gasteiger partial charge in [-0.05, 0) is 34.5 Å². The van der Waals surface area contributed by atoms with Crippen molar-refractivity contribution >= 4 is 27.5 Å². The molecule has 6 heteroatoms. The first-order chi connectivity index (χ1) is 7.93. The quantitative estimate of drug-likeness (QED) is 0.749. The molecule has 0 radical (unpaired) electrons. The summed E-state index contributed by atoms with van der Waals surface area (Å²) in [5.41, 5.74) is -0.132. The maximum absolute atomic E-state index is 13.4. The Morgan fingerprint density at radius 2 is 2.12 bits per heavy atom. The molecular formula is C11H9BrF2N2O. The third-order valence-electron chi connectivity index (χ3n) is 3.48. The van der Waals surface area contributed by atoms with Crippen molar-refractivity contribution in [3.63, 3.8) is 0 Å². The van der Waals surface area contributed by atoms with Gasteiger partial charge in [0.1, 0.15) is 4.60 Å². The summed E-state index contributed by atoms with van der Waals surface area (Å²) in [4.78, 5) is 16.2. The molecule has 1 aromatic rings. The fraction of sp³-hybridized carbons (Fsp3) is 0.455. The number of nitrogens with one attached hydrogen (secondary N) is 1. The van der Waals surface area contributed by atoms with E-state index < -0.39 is 17.8 Å². The van der Waals surface area contributed by atoms with Crippen LogP contribution in [-0.4, -0.2) is 16.8 Å². The molecule has 1 aromatic heterocycles. The number of fused-ring (bicyclic) bond motifs is 2. The van der Waals surface area contributed by atoms with E-state index in [4.69, 9.17) is 0 Å². The summed E-state index contributed by atoms with van der Waals surface area (Å²) in [7, 11) is 0. The molecule has 17 heavy (non-hydrogen) atoms. The van der Waals surface area contributed by atoms with Crippen LogP contribution in [0, 0.1) is 0 Å². The van der Waals surface area contributed by atoms with Gasteiger partial charge in [0.15, 0.2) is 0 Å². The normalized spacial score (nSPS) is 29.5. The van der Waals surface area contributed by atoms with Crippen LogP contribution in [0.4, 0.5) is 14.5 Å². The van der Waals surface area contributed by atoms with Crippen LogP contribution < -0.4 is 5.32 Å². The standard InChI is InChI=1S/C11H9BrF2N2O/c12-7-2-1-6-8(16-7)10(9(17)15-6)3-4-11(13,14)5-10/h1-2H,3-5H2,(H,15,17). The molecule has 2 heterocycles. The molecule has 1 unspecified atom stereocenters. The molecule has 3 rings (SSSR count). The van der Waals surface area contributed by atoms with Crippen LogP contribution in [0.15, 0.2) is 16.7 Å². The molecule has 0 saturated heterocycles. The third-order valence-corrected chi connectivity index (χ3v) is 3.92. The number of nitrogens with zero attached hydrogens (tertiary/aromatic N) is 1. The number of halogens is 3. The van der Waals surface area contributed by atoms with E-state index in [-0.39, 0.29) is 18.7 Å². The van der Waals surface area contributed by atoms with Gasteiger partial charge in [-0.15, -0.1) is 0 Å². The van der Waals surface area contributed by atoms with Gasteiger partial charge in [0.05, 0.1) is 16.8 Å². The van der Waals surface area contributed by atoms with Gasteiger partial charge in [0, 0.05) is 12.8 Å². The first kappa shape index (κ1) is 11.1. The van der Waals surface area contributed by atoms with E-state index in [1.165, 1.54) is 0 Å². The minimum Gasteiger partial charge on any atom is -0.324 e. The molecule has 1 spiro atoms. The number of anilines is 1. The van der Waals surface area contributed by atoms with Crippen LogP contribution in [0.3, 0.4) is 0 Å². The summed E-state index contributed by atoms with van der Waals surface area (Å²) < 4.78 is 27.3. The van der Waals surface area contributed by atoms with E-state index >= 15 is 0 Å². The predicted octanol–water partition coefficient (Wildman–Crippen LogP) is 2.85. The van der Waals surface area contributed by atoms with Crippen molar-refractivity contribution < 1.29 is 13.6 Å². The lowest BCUT2D eigenvalue weighted by atomic mass is 9.83. The highest BCUT2D eigenvalue weighted by Crippen LogP contribution is 2.53. The second kappa shape index (κ2) is 3.25. The van der Waals surface area contributed by atoms with Crippen molar-refractivity contribution in [1.82, 2.24) is 4.98 Å². The number of carbonyl (C=O) groups is 1. The van der Waals surface area contributed by atoms with Crippen LogP contribution in [-0.2, 0) is 10.2 Å². The zero-order chi connectivity index (χ0) is 12.3. The van der Waals surface area contributed by atoms with Gasteiger partial charge in [0.25, 0.3) is 0 Å². The Morgan fingerprint density at radius 1 is 1.35 bits per heavy atom. The zero-order valence-electron chi connectivity index (χ0n) is 8.77. The average molecular weight is 303 g/mol. The van der Waals surface area contributed by atoms with Gasteiger partial charge in [-0.25, -0.2) is 13.8 Å². The van der Waals surface area contributed by atoms with Crippen LogP contribution >= 0.6 is 15.9 Å². The molecule has 1 fully saturated rings. The van der Waals surface area contributed by atoms with E-state index in [2.05, 4.69) is 26.2 Å². The van der Waals surface area contributed by atoms with E-state index in [0.717, 1.165) is 0 Å². The first-order valence-corrected chi connectivity index (χ1v) is 6.09. The lowest BCUT2D eigenvalue weighted by Gasteiger charge is -2.19. The number of rotatable bonds is 0. The van der Waals surface area contributed by atoms with E-state index in [9.17, 15) is 13.6 Å². The fourth-order valence-electron chi connectivity index (χ4n) is 2.66. The highest BCUT2D eigenvalue weighted by atomic mass is 79.9. The van der Waals surface area contributed by atoms with Gasteiger partial charge in [0.2, 0.25) is 11.8 Å². The molecule has 1 amide bonds. The van der Waals surface area contributed by atoms with Crippen LogP contribution in [0.5, 0.6) is 0 Å². The molecule has 1 N–H and O–H groups in total. The molecule has 1 aliphatic carbocycles. The number of aromatic nitrogens is 1. The van der Waals surface area contributed by atoms with Crippen molar-refractivity contribution in [3.05, 3.63) is 22.4 Å². The molecule has 90 valence electrons. The smallest absolute Gasteiger partial charge is 0.249 e. The third kappa shape index (κ3) is 1.50. The fourth-order valence-corrected chi connectivity index (χ4v) is 2.97. The highest BCUT2D eigenvalue weighted by Gasteiger charge is 2.59. The molecule has 1 aliphatic heterocycles. The Morgan fingerprint density at radius 3 is 2.76 bits per heavy atom. The maximum Gasteiger partial charge on any atom is 0.249 e. The lowest BCUT2D eigenvalue weighted by Crippen LogP contribution is -2.33. The molecular weight excluding hydrogens is 294 g/mol. The molecule has 0 aromatic carbocycles. The first-order valence-electron chi connectivity index (χ1n) is 5.29. The topological polar surface area (TPSA) is 42.0 Å². The molecule has 1 saturated carbocycles. The van der Waals surface area contributed by atoms with Crippen molar-refractivity contribution in [2.75, 3.05) is 5.32 Å². The maximum atomic E-state index is 13.4. The average Bonchev–Trinajstić information content (AvgIpc) is 2.70. The van der Waals surface area contributed by atoms with Gasteiger partial charge < -0.3 is 5.32 Å². The number of amides is 1. The minimum absolute atomic E-state index is 0.155. The summed E-state index contributed by atoms with van der Waals surface area (Å²) in [5.74, 6) is -3.13. The van der Waals surface area contributed by atoms with E-state index in [1.54, 1.807) is 12.1 Å². The van der Waals surface area contributed by atoms with Gasteiger partial charge in [-0.3, -0.25) is 4.79 Å². The Kier molecular flexibility index (Phi) is 2.12. The highest BCUT2D eigenvalue weighted by molar-refractivity contribution is 9.10. The number of hydrogen-bond acceptors (Lipinski definition) is 2. The summed E-state index contributed by atoms with van der Waals surface area (Å²) in [6.07, 6.45) is -0.543. The van der Waals surface area contributed by atoms with Crippen LogP contribution in [0.1, 0.15) is 25.0 Å². The van der Waals surface area contributed by atoms with Crippen molar-refractivity contribution in [2.24, 2.45) is 0 Å². The van der Waals surface area contributed by atoms with Crippen molar-refractivity contribution in [1.29, 1.82) is 0 Å². The molecule has 2 aliphatic rings. The Hall–Kier alpha value is -1.04. The molecule has 1 atom stereocenters. The SMILES string of the molecule is O=C1Nc2ccc(Br)nc2C12CCC(F)(F)C2. The summed E-state index contributed by atoms with van der Waals surface area (Å²) in [6, 6.07) is 3.38. The molecule has 0 bridgehead atoms. The summed E-state index contributed by atoms with van der Waals surface area (Å²) >= 11 is 3.21. The Balaban J connectivity index is 2.14. The second-order valence-electron chi connectivity index (χ2n) is 4.60. The van der Waals surface area contributed by atoms with Crippen molar-refractivity contribution in [2.45, 2.75) is 30.6 Å². The minimum atomic E-state index is -2.77.